The van der Waals surface area contributed by atoms with Gasteiger partial charge in [0.05, 0.1) is 11.9 Å². The molecule has 1 saturated heterocycles. The van der Waals surface area contributed by atoms with Crippen LogP contribution in [0.4, 0.5) is 23.7 Å². The zero-order chi connectivity index (χ0) is 23.0. The number of pyridine rings is 1. The van der Waals surface area contributed by atoms with Gasteiger partial charge in [-0.25, -0.2) is 26.4 Å². The van der Waals surface area contributed by atoms with Crippen molar-refractivity contribution in [2.45, 2.75) is 43.1 Å². The zero-order valence-corrected chi connectivity index (χ0v) is 18.2. The molecule has 2 aromatic heterocycles. The lowest BCUT2D eigenvalue weighted by atomic mass is 9.92. The van der Waals surface area contributed by atoms with E-state index in [4.69, 9.17) is 0 Å². The van der Waals surface area contributed by atoms with Gasteiger partial charge in [-0.05, 0) is 38.8 Å². The predicted molar refractivity (Wildman–Crippen MR) is 107 cm³/mol. The maximum absolute atomic E-state index is 15.6. The highest BCUT2D eigenvalue weighted by Gasteiger charge is 2.50. The van der Waals surface area contributed by atoms with Gasteiger partial charge >= 0.3 is 6.03 Å². The van der Waals surface area contributed by atoms with Crippen LogP contribution in [0, 0.1) is 12.8 Å². The molecule has 0 radical (unpaired) electrons. The second kappa shape index (κ2) is 8.48. The Morgan fingerprint density at radius 3 is 2.45 bits per heavy atom. The molecule has 3 heterocycles. The number of likely N-dealkylation sites (tertiary alicyclic amines) is 1. The lowest BCUT2D eigenvalue weighted by Gasteiger charge is -2.37. The normalized spacial score (nSPS) is 17.6. The molecule has 1 aliphatic rings. The van der Waals surface area contributed by atoms with E-state index in [0.29, 0.717) is 11.8 Å². The van der Waals surface area contributed by atoms with E-state index >= 15 is 4.39 Å². The molecule has 8 nitrogen and oxygen atoms in total. The number of aromatic nitrogens is 3. The summed E-state index contributed by atoms with van der Waals surface area (Å²) in [7, 11) is -3.42. The molecule has 1 atom stereocenters. The Kier molecular flexibility index (Phi) is 6.30. The first kappa shape index (κ1) is 23.0. The lowest BCUT2D eigenvalue weighted by molar-refractivity contribution is 0.117. The quantitative estimate of drug-likeness (QED) is 0.739. The Balaban J connectivity index is 1.68. The Labute approximate surface area is 178 Å². The van der Waals surface area contributed by atoms with Crippen LogP contribution in [-0.2, 0) is 16.9 Å². The number of aryl methyl sites for hydroxylation is 2. The molecule has 2 aromatic rings. The molecule has 0 aliphatic carbocycles. The molecule has 31 heavy (non-hydrogen) atoms. The minimum absolute atomic E-state index is 0.103. The lowest BCUT2D eigenvalue weighted by Crippen LogP contribution is -2.48. The summed E-state index contributed by atoms with van der Waals surface area (Å²) in [4.78, 5) is 18.0. The predicted octanol–water partition coefficient (Wildman–Crippen LogP) is 3.46. The average molecular weight is 459 g/mol. The molecule has 3 rings (SSSR count). The van der Waals surface area contributed by atoms with Crippen LogP contribution < -0.4 is 5.32 Å². The minimum Gasteiger partial charge on any atom is -0.325 e. The summed E-state index contributed by atoms with van der Waals surface area (Å²) >= 11 is 0. The van der Waals surface area contributed by atoms with E-state index < -0.39 is 37.9 Å². The van der Waals surface area contributed by atoms with Crippen LogP contribution in [0.1, 0.15) is 37.6 Å². The summed E-state index contributed by atoms with van der Waals surface area (Å²) in [5.74, 6) is -0.910. The van der Waals surface area contributed by atoms with Crippen molar-refractivity contribution in [3.63, 3.8) is 0 Å². The monoisotopic (exact) mass is 459 g/mol. The van der Waals surface area contributed by atoms with E-state index in [1.54, 1.807) is 12.1 Å². The fourth-order valence-corrected chi connectivity index (χ4v) is 5.34. The summed E-state index contributed by atoms with van der Waals surface area (Å²) in [5, 5.41) is 2.87. The van der Waals surface area contributed by atoms with Crippen molar-refractivity contribution in [3.05, 3.63) is 35.8 Å². The molecular formula is C19H24F3N5O3S. The standard InChI is InChI=1S/C19H24F3N5O3S/c1-12-4-5-14(11-23-12)24-18(28)27-8-6-13(7-9-27)19(2,22)31(29,30)16-10-15(17(20)21)25-26(16)3/h4-5,10-11,13,17H,6-9H2,1-3H3,(H,24,28). The summed E-state index contributed by atoms with van der Waals surface area (Å²) < 4.78 is 67.9. The minimum atomic E-state index is -4.60. The van der Waals surface area contributed by atoms with Crippen molar-refractivity contribution < 1.29 is 26.4 Å². The Morgan fingerprint density at radius 2 is 1.94 bits per heavy atom. The third-order valence-corrected chi connectivity index (χ3v) is 7.87. The van der Waals surface area contributed by atoms with E-state index in [-0.39, 0.29) is 32.0 Å². The molecule has 0 saturated carbocycles. The highest BCUT2D eigenvalue weighted by Crippen LogP contribution is 2.40. The van der Waals surface area contributed by atoms with Gasteiger partial charge in [0.2, 0.25) is 14.8 Å². The number of halogens is 3. The average Bonchev–Trinajstić information content (AvgIpc) is 3.12. The van der Waals surface area contributed by atoms with E-state index in [0.717, 1.165) is 17.3 Å². The number of sulfone groups is 1. The van der Waals surface area contributed by atoms with Gasteiger partial charge < -0.3 is 10.2 Å². The number of carbonyl (C=O) groups is 1. The molecule has 0 spiro atoms. The van der Waals surface area contributed by atoms with E-state index in [9.17, 15) is 22.0 Å². The zero-order valence-electron chi connectivity index (χ0n) is 17.3. The number of anilines is 1. The summed E-state index contributed by atoms with van der Waals surface area (Å²) in [6, 6.07) is 3.77. The number of urea groups is 1. The molecule has 12 heteroatoms. The Hall–Kier alpha value is -2.63. The van der Waals surface area contributed by atoms with E-state index in [2.05, 4.69) is 15.4 Å². The number of nitrogens with zero attached hydrogens (tertiary/aromatic N) is 4. The fraction of sp³-hybridized carbons (Fsp3) is 0.526. The van der Waals surface area contributed by atoms with Gasteiger partial charge in [-0.15, -0.1) is 0 Å². The number of amides is 2. The highest BCUT2D eigenvalue weighted by atomic mass is 32.2. The summed E-state index contributed by atoms with van der Waals surface area (Å²) in [6.45, 7) is 3.06. The third-order valence-electron chi connectivity index (χ3n) is 5.55. The first-order chi connectivity index (χ1) is 14.4. The highest BCUT2D eigenvalue weighted by molar-refractivity contribution is 7.92. The van der Waals surface area contributed by atoms with Crippen molar-refractivity contribution in [1.29, 1.82) is 0 Å². The number of carbonyl (C=O) groups excluding carboxylic acids is 1. The van der Waals surface area contributed by atoms with Crippen LogP contribution in [0.2, 0.25) is 0 Å². The Morgan fingerprint density at radius 1 is 1.29 bits per heavy atom. The van der Waals surface area contributed by atoms with E-state index in [1.807, 2.05) is 6.92 Å². The van der Waals surface area contributed by atoms with Crippen molar-refractivity contribution in [1.82, 2.24) is 19.7 Å². The molecule has 1 N–H and O–H groups in total. The molecule has 170 valence electrons. The molecular weight excluding hydrogens is 435 g/mol. The van der Waals surface area contributed by atoms with E-state index in [1.165, 1.54) is 18.1 Å². The Bertz CT molecular complexity index is 1050. The molecule has 1 aliphatic heterocycles. The van der Waals surface area contributed by atoms with Crippen molar-refractivity contribution in [2.24, 2.45) is 13.0 Å². The van der Waals surface area contributed by atoms with Gasteiger partial charge in [0, 0.05) is 37.8 Å². The number of hydrogen-bond donors (Lipinski definition) is 1. The van der Waals surface area contributed by atoms with Gasteiger partial charge in [0.25, 0.3) is 6.43 Å². The largest absolute Gasteiger partial charge is 0.325 e. The summed E-state index contributed by atoms with van der Waals surface area (Å²) in [6.07, 6.45) is -1.24. The molecule has 0 bridgehead atoms. The smallest absolute Gasteiger partial charge is 0.321 e. The van der Waals surface area contributed by atoms with Crippen molar-refractivity contribution in [2.75, 3.05) is 18.4 Å². The number of alkyl halides is 3. The van der Waals surface area contributed by atoms with Crippen LogP contribution in [0.15, 0.2) is 29.4 Å². The van der Waals surface area contributed by atoms with Crippen LogP contribution in [0.5, 0.6) is 0 Å². The van der Waals surface area contributed by atoms with Crippen LogP contribution in [0.25, 0.3) is 0 Å². The second-order valence-corrected chi connectivity index (χ2v) is 9.92. The molecule has 1 unspecified atom stereocenters. The maximum atomic E-state index is 15.6. The second-order valence-electron chi connectivity index (χ2n) is 7.70. The topological polar surface area (TPSA) is 97.2 Å². The molecule has 1 fully saturated rings. The third kappa shape index (κ3) is 4.53. The number of hydrogen-bond acceptors (Lipinski definition) is 5. The number of rotatable bonds is 5. The van der Waals surface area contributed by atoms with Gasteiger partial charge in [-0.1, -0.05) is 0 Å². The first-order valence-corrected chi connectivity index (χ1v) is 11.2. The van der Waals surface area contributed by atoms with Gasteiger partial charge in [-0.2, -0.15) is 5.10 Å². The van der Waals surface area contributed by atoms with Gasteiger partial charge in [-0.3, -0.25) is 9.67 Å². The first-order valence-electron chi connectivity index (χ1n) is 9.67. The van der Waals surface area contributed by atoms with Crippen molar-refractivity contribution in [3.8, 4) is 0 Å². The SMILES string of the molecule is Cc1ccc(NC(=O)N2CCC(C(C)(F)S(=O)(=O)c3cc(C(F)F)nn3C)CC2)cn1. The summed E-state index contributed by atoms with van der Waals surface area (Å²) in [5.41, 5.74) is 0.590. The van der Waals surface area contributed by atoms with Crippen LogP contribution in [0.3, 0.4) is 0 Å². The fourth-order valence-electron chi connectivity index (χ4n) is 3.60. The maximum Gasteiger partial charge on any atom is 0.321 e. The van der Waals surface area contributed by atoms with Crippen LogP contribution in [-0.4, -0.2) is 52.2 Å². The number of piperidine rings is 1. The van der Waals surface area contributed by atoms with Crippen molar-refractivity contribution >= 4 is 21.6 Å². The van der Waals surface area contributed by atoms with Gasteiger partial charge in [0.1, 0.15) is 5.69 Å². The molecule has 2 amide bonds. The van der Waals surface area contributed by atoms with Crippen LogP contribution >= 0.6 is 0 Å². The van der Waals surface area contributed by atoms with Gasteiger partial charge in [0.15, 0.2) is 5.03 Å². The number of nitrogens with one attached hydrogen (secondary N) is 1. The molecule has 0 aromatic carbocycles.